The van der Waals surface area contributed by atoms with Crippen molar-refractivity contribution in [2.75, 3.05) is 0 Å². The second kappa shape index (κ2) is 8.11. The lowest BCUT2D eigenvalue weighted by Crippen LogP contribution is -1.98. The van der Waals surface area contributed by atoms with Gasteiger partial charge in [-0.2, -0.15) is 14.9 Å². The van der Waals surface area contributed by atoms with E-state index in [0.717, 1.165) is 0 Å². The highest BCUT2D eigenvalue weighted by molar-refractivity contribution is 7.71. The molecule has 1 aromatic heterocycles. The number of ether oxygens (including phenoxy) is 1. The number of hydrogen-bond acceptors (Lipinski definition) is 6. The Labute approximate surface area is 164 Å². The fourth-order valence-corrected chi connectivity index (χ4v) is 2.66. The Hall–Kier alpha value is -3.04. The molecule has 0 aliphatic rings. The Bertz CT molecular complexity index is 1080. The molecule has 27 heavy (non-hydrogen) atoms. The van der Waals surface area contributed by atoms with Crippen LogP contribution in [-0.2, 0) is 6.42 Å². The van der Waals surface area contributed by atoms with E-state index in [1.807, 2.05) is 6.92 Å². The van der Waals surface area contributed by atoms with Crippen molar-refractivity contribution in [1.82, 2.24) is 14.9 Å². The predicted molar refractivity (Wildman–Crippen MR) is 104 cm³/mol. The summed E-state index contributed by atoms with van der Waals surface area (Å²) in [4.78, 5) is 10.9. The van der Waals surface area contributed by atoms with E-state index in [-0.39, 0.29) is 11.4 Å². The number of rotatable bonds is 6. The quantitative estimate of drug-likeness (QED) is 0.277. The number of para-hydroxylation sites is 1. The van der Waals surface area contributed by atoms with E-state index in [2.05, 4.69) is 15.3 Å². The summed E-state index contributed by atoms with van der Waals surface area (Å²) in [5.41, 5.74) is 0.309. The Morgan fingerprint density at radius 1 is 1.37 bits per heavy atom. The van der Waals surface area contributed by atoms with Crippen LogP contribution in [0, 0.1) is 14.9 Å². The molecule has 0 saturated heterocycles. The van der Waals surface area contributed by atoms with Gasteiger partial charge in [0.2, 0.25) is 10.5 Å². The number of nitrogens with zero attached hydrogens (tertiary/aromatic N) is 4. The van der Waals surface area contributed by atoms with E-state index in [1.165, 1.54) is 23.0 Å². The van der Waals surface area contributed by atoms with Crippen LogP contribution in [0.2, 0.25) is 5.02 Å². The molecule has 0 aliphatic heterocycles. The zero-order valence-electron chi connectivity index (χ0n) is 14.1. The molecule has 0 fully saturated rings. The van der Waals surface area contributed by atoms with E-state index < -0.39 is 4.92 Å². The van der Waals surface area contributed by atoms with Gasteiger partial charge in [-0.3, -0.25) is 15.2 Å². The van der Waals surface area contributed by atoms with E-state index in [0.29, 0.717) is 33.4 Å². The first-order valence-electron chi connectivity index (χ1n) is 7.91. The number of aromatic amines is 1. The molecule has 0 radical (unpaired) electrons. The van der Waals surface area contributed by atoms with Gasteiger partial charge in [-0.1, -0.05) is 30.7 Å². The zero-order valence-corrected chi connectivity index (χ0v) is 15.7. The van der Waals surface area contributed by atoms with E-state index >= 15 is 0 Å². The van der Waals surface area contributed by atoms with Crippen molar-refractivity contribution in [3.63, 3.8) is 0 Å². The van der Waals surface area contributed by atoms with Gasteiger partial charge in [-0.15, -0.1) is 0 Å². The molecule has 3 aromatic rings. The molecule has 8 nitrogen and oxygen atoms in total. The van der Waals surface area contributed by atoms with Gasteiger partial charge < -0.3 is 4.74 Å². The molecule has 1 N–H and O–H groups in total. The highest BCUT2D eigenvalue weighted by Gasteiger charge is 2.17. The number of halogens is 1. The van der Waals surface area contributed by atoms with Gasteiger partial charge in [-0.25, -0.2) is 0 Å². The average Bonchev–Trinajstić information content (AvgIpc) is 3.02. The van der Waals surface area contributed by atoms with Crippen LogP contribution in [0.25, 0.3) is 0 Å². The van der Waals surface area contributed by atoms with Crippen LogP contribution in [0.5, 0.6) is 11.5 Å². The molecule has 3 rings (SSSR count). The second-order valence-corrected chi connectivity index (χ2v) is 6.17. The van der Waals surface area contributed by atoms with Gasteiger partial charge in [0.15, 0.2) is 5.82 Å². The van der Waals surface area contributed by atoms with Crippen molar-refractivity contribution >= 4 is 35.7 Å². The number of nitrogens with one attached hydrogen (secondary N) is 1. The van der Waals surface area contributed by atoms with Crippen LogP contribution < -0.4 is 4.74 Å². The SMILES string of the molecule is CCc1n[nH]c(=S)n1/N=C\c1ccc(Oc2ccccc2Cl)c([N+](=O)[O-])c1. The maximum atomic E-state index is 11.4. The normalized spacial score (nSPS) is 11.0. The molecule has 0 atom stereocenters. The highest BCUT2D eigenvalue weighted by atomic mass is 35.5. The highest BCUT2D eigenvalue weighted by Crippen LogP contribution is 2.35. The minimum absolute atomic E-state index is 0.0828. The standard InChI is InChI=1S/C17H14ClN5O3S/c1-2-16-20-21-17(27)22(16)19-10-11-7-8-15(13(9-11)23(24)25)26-14-6-4-3-5-12(14)18/h3-10H,2H2,1H3,(H,21,27)/b19-10-. The van der Waals surface area contributed by atoms with Gasteiger partial charge in [0, 0.05) is 18.1 Å². The monoisotopic (exact) mass is 403 g/mol. The summed E-state index contributed by atoms with van der Waals surface area (Å²) in [5.74, 6) is 1.07. The van der Waals surface area contributed by atoms with Crippen LogP contribution in [-0.4, -0.2) is 26.0 Å². The first-order valence-corrected chi connectivity index (χ1v) is 8.69. The summed E-state index contributed by atoms with van der Waals surface area (Å²) >= 11 is 11.2. The number of nitro groups is 1. The Kier molecular flexibility index (Phi) is 5.63. The van der Waals surface area contributed by atoms with Crippen molar-refractivity contribution in [2.24, 2.45) is 5.10 Å². The summed E-state index contributed by atoms with van der Waals surface area (Å²) in [7, 11) is 0. The third-order valence-corrected chi connectivity index (χ3v) is 4.17. The molecular weight excluding hydrogens is 390 g/mol. The van der Waals surface area contributed by atoms with Crippen LogP contribution in [0.1, 0.15) is 18.3 Å². The molecule has 2 aromatic carbocycles. The van der Waals surface area contributed by atoms with Gasteiger partial charge in [0.1, 0.15) is 5.75 Å². The lowest BCUT2D eigenvalue weighted by molar-refractivity contribution is -0.385. The molecule has 0 aliphatic carbocycles. The molecule has 0 bridgehead atoms. The smallest absolute Gasteiger partial charge is 0.312 e. The molecule has 0 spiro atoms. The third kappa shape index (κ3) is 4.21. The Morgan fingerprint density at radius 3 is 2.85 bits per heavy atom. The number of H-pyrrole nitrogens is 1. The van der Waals surface area contributed by atoms with Gasteiger partial charge >= 0.3 is 5.69 Å². The lowest BCUT2D eigenvalue weighted by atomic mass is 10.2. The summed E-state index contributed by atoms with van der Waals surface area (Å²) in [5, 5.41) is 22.8. The number of aromatic nitrogens is 3. The largest absolute Gasteiger partial charge is 0.449 e. The average molecular weight is 404 g/mol. The van der Waals surface area contributed by atoms with Gasteiger partial charge in [-0.05, 0) is 36.5 Å². The first kappa shape index (κ1) is 18.7. The second-order valence-electron chi connectivity index (χ2n) is 5.37. The fraction of sp³-hybridized carbons (Fsp3) is 0.118. The van der Waals surface area contributed by atoms with E-state index in [4.69, 9.17) is 28.6 Å². The molecule has 138 valence electrons. The van der Waals surface area contributed by atoms with Crippen molar-refractivity contribution in [3.8, 4) is 11.5 Å². The molecule has 10 heteroatoms. The van der Waals surface area contributed by atoms with Crippen LogP contribution in [0.4, 0.5) is 5.69 Å². The van der Waals surface area contributed by atoms with Crippen molar-refractivity contribution in [3.05, 3.63) is 73.8 Å². The first-order chi connectivity index (χ1) is 13.0. The Balaban J connectivity index is 1.93. The van der Waals surface area contributed by atoms with Crippen LogP contribution >= 0.6 is 23.8 Å². The van der Waals surface area contributed by atoms with Crippen LogP contribution in [0.3, 0.4) is 0 Å². The summed E-state index contributed by atoms with van der Waals surface area (Å²) in [6.07, 6.45) is 2.10. The lowest BCUT2D eigenvalue weighted by Gasteiger charge is -2.08. The molecule has 0 saturated carbocycles. The number of nitro benzene ring substituents is 1. The summed E-state index contributed by atoms with van der Waals surface area (Å²) < 4.78 is 7.42. The van der Waals surface area contributed by atoms with Crippen molar-refractivity contribution in [2.45, 2.75) is 13.3 Å². The topological polar surface area (TPSA) is 98.3 Å². The minimum Gasteiger partial charge on any atom is -0.449 e. The predicted octanol–water partition coefficient (Wildman–Crippen LogP) is 4.74. The zero-order chi connectivity index (χ0) is 19.4. The van der Waals surface area contributed by atoms with Crippen LogP contribution in [0.15, 0.2) is 47.6 Å². The minimum atomic E-state index is -0.523. The molecule has 1 heterocycles. The van der Waals surface area contributed by atoms with Crippen molar-refractivity contribution in [1.29, 1.82) is 0 Å². The third-order valence-electron chi connectivity index (χ3n) is 3.59. The number of hydrogen-bond donors (Lipinski definition) is 1. The maximum absolute atomic E-state index is 11.4. The van der Waals surface area contributed by atoms with Gasteiger partial charge in [0.05, 0.1) is 16.2 Å². The molecule has 0 amide bonds. The molecular formula is C17H14ClN5O3S. The summed E-state index contributed by atoms with van der Waals surface area (Å²) in [6, 6.07) is 11.3. The summed E-state index contributed by atoms with van der Waals surface area (Å²) in [6.45, 7) is 1.92. The maximum Gasteiger partial charge on any atom is 0.312 e. The van der Waals surface area contributed by atoms with Crippen molar-refractivity contribution < 1.29 is 9.66 Å². The fourth-order valence-electron chi connectivity index (χ4n) is 2.29. The Morgan fingerprint density at radius 2 is 2.15 bits per heavy atom. The van der Waals surface area contributed by atoms with E-state index in [1.54, 1.807) is 30.3 Å². The molecule has 0 unspecified atom stereocenters. The number of benzene rings is 2. The van der Waals surface area contributed by atoms with E-state index in [9.17, 15) is 10.1 Å². The number of aryl methyl sites for hydroxylation is 1. The van der Waals surface area contributed by atoms with Gasteiger partial charge in [0.25, 0.3) is 0 Å².